The van der Waals surface area contributed by atoms with Gasteiger partial charge in [-0.3, -0.25) is 14.5 Å². The Kier molecular flexibility index (Phi) is 6.59. The number of hydrogen-bond donors (Lipinski definition) is 1. The number of carbonyl (C=O) groups excluding carboxylic acids is 2. The Morgan fingerprint density at radius 3 is 2.49 bits per heavy atom. The Hall–Kier alpha value is -5.15. The van der Waals surface area contributed by atoms with Crippen molar-refractivity contribution in [3.05, 3.63) is 113 Å². The van der Waals surface area contributed by atoms with Crippen molar-refractivity contribution in [2.75, 3.05) is 18.1 Å². The van der Waals surface area contributed by atoms with E-state index in [-0.39, 0.29) is 11.3 Å². The maximum Gasteiger partial charge on any atom is 0.301 e. The van der Waals surface area contributed by atoms with Crippen molar-refractivity contribution in [3.8, 4) is 23.0 Å². The lowest BCUT2D eigenvalue weighted by Gasteiger charge is -2.23. The fourth-order valence-electron chi connectivity index (χ4n) is 5.53. The zero-order valence-corrected chi connectivity index (χ0v) is 24.2. The molecule has 3 heterocycles. The lowest BCUT2D eigenvalue weighted by atomic mass is 9.95. The molecule has 43 heavy (non-hydrogen) atoms. The topological polar surface area (TPSA) is 98.2 Å². The molecule has 1 aromatic heterocycles. The van der Waals surface area contributed by atoms with Gasteiger partial charge in [-0.2, -0.15) is 0 Å². The van der Waals surface area contributed by atoms with E-state index in [9.17, 15) is 14.7 Å². The van der Waals surface area contributed by atoms with Crippen LogP contribution in [0.5, 0.6) is 23.0 Å². The molecule has 1 saturated heterocycles. The predicted molar refractivity (Wildman–Crippen MR) is 164 cm³/mol. The summed E-state index contributed by atoms with van der Waals surface area (Å²) in [7, 11) is 0. The molecule has 1 fully saturated rings. The number of carbonyl (C=O) groups is 2. The van der Waals surface area contributed by atoms with Gasteiger partial charge in [0.1, 0.15) is 30.5 Å². The highest BCUT2D eigenvalue weighted by atomic mass is 32.1. The molecule has 7 rings (SSSR count). The van der Waals surface area contributed by atoms with Gasteiger partial charge in [0, 0.05) is 5.56 Å². The summed E-state index contributed by atoms with van der Waals surface area (Å²) in [6.45, 7) is 4.76. The third kappa shape index (κ3) is 4.77. The second kappa shape index (κ2) is 10.6. The highest BCUT2D eigenvalue weighted by Gasteiger charge is 2.48. The van der Waals surface area contributed by atoms with E-state index in [1.165, 1.54) is 16.2 Å². The lowest BCUT2D eigenvalue weighted by Crippen LogP contribution is -2.29. The number of Topliss-reactive ketones (excluding diaryl/α,β-unsaturated/α-hetero) is 1. The molecule has 0 spiro atoms. The summed E-state index contributed by atoms with van der Waals surface area (Å²) in [5, 5.41) is 12.0. The largest absolute Gasteiger partial charge is 0.507 e. The van der Waals surface area contributed by atoms with E-state index in [0.29, 0.717) is 52.5 Å². The molecular formula is C34H26N2O6S. The van der Waals surface area contributed by atoms with E-state index in [2.05, 4.69) is 0 Å². The summed E-state index contributed by atoms with van der Waals surface area (Å²) < 4.78 is 18.3. The maximum atomic E-state index is 13.8. The predicted octanol–water partition coefficient (Wildman–Crippen LogP) is 7.10. The van der Waals surface area contributed by atoms with Gasteiger partial charge >= 0.3 is 5.91 Å². The Labute approximate surface area is 251 Å². The number of aliphatic hydroxyl groups is 1. The Bertz CT molecular complexity index is 1950. The number of anilines is 1. The number of aryl methyl sites for hydroxylation is 2. The number of thiazole rings is 1. The average molecular weight is 591 g/mol. The van der Waals surface area contributed by atoms with Gasteiger partial charge in [0.15, 0.2) is 16.6 Å². The first-order valence-electron chi connectivity index (χ1n) is 13.8. The van der Waals surface area contributed by atoms with Crippen molar-refractivity contribution >= 4 is 44.1 Å². The van der Waals surface area contributed by atoms with Gasteiger partial charge in [-0.05, 0) is 79.1 Å². The van der Waals surface area contributed by atoms with Crippen molar-refractivity contribution < 1.29 is 28.9 Å². The number of amides is 1. The lowest BCUT2D eigenvalue weighted by molar-refractivity contribution is -0.132. The number of ether oxygens (including phenoxy) is 3. The van der Waals surface area contributed by atoms with Crippen LogP contribution < -0.4 is 19.1 Å². The fraction of sp³-hybridized carbons (Fsp3) is 0.147. The summed E-state index contributed by atoms with van der Waals surface area (Å²) in [6.07, 6.45) is 0. The van der Waals surface area contributed by atoms with Crippen LogP contribution in [-0.2, 0) is 9.59 Å². The number of nitrogens with zero attached hydrogens (tertiary/aromatic N) is 2. The minimum Gasteiger partial charge on any atom is -0.507 e. The Balaban J connectivity index is 1.40. The maximum absolute atomic E-state index is 13.8. The summed E-state index contributed by atoms with van der Waals surface area (Å²) in [5.74, 6) is 0.268. The van der Waals surface area contributed by atoms with Crippen LogP contribution in [0.1, 0.15) is 28.3 Å². The monoisotopic (exact) mass is 590 g/mol. The average Bonchev–Trinajstić information content (AvgIpc) is 3.55. The van der Waals surface area contributed by atoms with Crippen LogP contribution in [0, 0.1) is 13.8 Å². The van der Waals surface area contributed by atoms with Gasteiger partial charge in [0.2, 0.25) is 0 Å². The van der Waals surface area contributed by atoms with Crippen LogP contribution in [0.15, 0.2) is 90.5 Å². The van der Waals surface area contributed by atoms with Crippen molar-refractivity contribution in [3.63, 3.8) is 0 Å². The van der Waals surface area contributed by atoms with E-state index < -0.39 is 17.7 Å². The number of aromatic nitrogens is 1. The van der Waals surface area contributed by atoms with Gasteiger partial charge in [0.05, 0.1) is 21.8 Å². The molecule has 1 amide bonds. The standard InChI is InChI=1S/C34H26N2O6S/c1-19-15-20(2)29-27(16-19)43-34(35-29)36-30(21-7-6-10-24(17-21)42-23-8-4-3-5-9-23)28(32(38)33(36)39)31(37)22-11-12-25-26(18-22)41-14-13-40-25/h3-12,15-18,30,37H,13-14H2,1-2H3/b31-28-. The molecule has 2 aliphatic heterocycles. The van der Waals surface area contributed by atoms with Crippen LogP contribution >= 0.6 is 11.3 Å². The van der Waals surface area contributed by atoms with Gasteiger partial charge in [-0.15, -0.1) is 0 Å². The molecule has 2 aliphatic rings. The molecule has 0 aliphatic carbocycles. The molecule has 8 nitrogen and oxygen atoms in total. The number of fused-ring (bicyclic) bond motifs is 2. The second-order valence-corrected chi connectivity index (χ2v) is 11.4. The van der Waals surface area contributed by atoms with Gasteiger partial charge in [-0.1, -0.05) is 47.7 Å². The zero-order chi connectivity index (χ0) is 29.7. The van der Waals surface area contributed by atoms with Crippen LogP contribution in [0.25, 0.3) is 16.0 Å². The normalized spacial score (nSPS) is 17.4. The van der Waals surface area contributed by atoms with Gasteiger partial charge in [-0.25, -0.2) is 4.98 Å². The van der Waals surface area contributed by atoms with E-state index >= 15 is 0 Å². The molecule has 1 atom stereocenters. The third-order valence-corrected chi connectivity index (χ3v) is 8.44. The molecule has 1 unspecified atom stereocenters. The summed E-state index contributed by atoms with van der Waals surface area (Å²) >= 11 is 1.33. The first-order valence-corrected chi connectivity index (χ1v) is 14.6. The highest BCUT2D eigenvalue weighted by molar-refractivity contribution is 7.22. The third-order valence-electron chi connectivity index (χ3n) is 7.44. The molecule has 4 aromatic carbocycles. The van der Waals surface area contributed by atoms with Gasteiger partial charge in [0.25, 0.3) is 5.78 Å². The smallest absolute Gasteiger partial charge is 0.301 e. The fourth-order valence-corrected chi connectivity index (χ4v) is 6.69. The van der Waals surface area contributed by atoms with Crippen LogP contribution in [0.4, 0.5) is 5.13 Å². The quantitative estimate of drug-likeness (QED) is 0.132. The summed E-state index contributed by atoms with van der Waals surface area (Å²) in [6, 6.07) is 24.5. The summed E-state index contributed by atoms with van der Waals surface area (Å²) in [5.41, 5.74) is 3.67. The molecular weight excluding hydrogens is 564 g/mol. The van der Waals surface area contributed by atoms with Crippen molar-refractivity contribution in [2.45, 2.75) is 19.9 Å². The molecule has 214 valence electrons. The molecule has 0 saturated carbocycles. The number of aliphatic hydroxyl groups excluding tert-OH is 1. The molecule has 0 radical (unpaired) electrons. The number of ketones is 1. The number of rotatable bonds is 5. The van der Waals surface area contributed by atoms with Crippen LogP contribution in [0.2, 0.25) is 0 Å². The number of benzene rings is 4. The minimum absolute atomic E-state index is 0.0503. The number of para-hydroxylation sites is 1. The first-order chi connectivity index (χ1) is 20.9. The van der Waals surface area contributed by atoms with Crippen LogP contribution in [-0.4, -0.2) is 35.0 Å². The van der Waals surface area contributed by atoms with E-state index in [4.69, 9.17) is 19.2 Å². The Morgan fingerprint density at radius 2 is 1.67 bits per heavy atom. The van der Waals surface area contributed by atoms with E-state index in [0.717, 1.165) is 21.3 Å². The first kappa shape index (κ1) is 26.7. The number of hydrogen-bond acceptors (Lipinski definition) is 8. The Morgan fingerprint density at radius 1 is 0.907 bits per heavy atom. The van der Waals surface area contributed by atoms with Crippen molar-refractivity contribution in [1.29, 1.82) is 0 Å². The SMILES string of the molecule is Cc1cc(C)c2nc(N3C(=O)C(=O)/C(=C(\O)c4ccc5c(c4)OCCO5)C3c3cccc(Oc4ccccc4)c3)sc2c1. The second-order valence-electron chi connectivity index (χ2n) is 10.4. The van der Waals surface area contributed by atoms with Crippen molar-refractivity contribution in [1.82, 2.24) is 4.98 Å². The molecule has 0 bridgehead atoms. The minimum atomic E-state index is -0.963. The zero-order valence-electron chi connectivity index (χ0n) is 23.4. The highest BCUT2D eigenvalue weighted by Crippen LogP contribution is 2.46. The van der Waals surface area contributed by atoms with E-state index in [1.54, 1.807) is 42.5 Å². The van der Waals surface area contributed by atoms with Crippen LogP contribution in [0.3, 0.4) is 0 Å². The van der Waals surface area contributed by atoms with E-state index in [1.807, 2.05) is 56.3 Å². The summed E-state index contributed by atoms with van der Waals surface area (Å²) in [4.78, 5) is 33.8. The van der Waals surface area contributed by atoms with Gasteiger partial charge < -0.3 is 19.3 Å². The van der Waals surface area contributed by atoms with Crippen molar-refractivity contribution in [2.24, 2.45) is 0 Å². The molecule has 1 N–H and O–H groups in total. The molecule has 5 aromatic rings. The molecule has 9 heteroatoms.